The molecule has 18 heavy (non-hydrogen) atoms. The number of aromatic hydroxyl groups is 1. The number of hydrogen-bond acceptors (Lipinski definition) is 3. The summed E-state index contributed by atoms with van der Waals surface area (Å²) in [7, 11) is 0. The fourth-order valence-corrected chi connectivity index (χ4v) is 1.86. The molecule has 0 heterocycles. The van der Waals surface area contributed by atoms with Crippen molar-refractivity contribution in [1.29, 1.82) is 0 Å². The van der Waals surface area contributed by atoms with Crippen molar-refractivity contribution in [3.05, 3.63) is 65.7 Å². The number of rotatable bonds is 5. The van der Waals surface area contributed by atoms with Crippen molar-refractivity contribution in [2.45, 2.75) is 12.6 Å². The van der Waals surface area contributed by atoms with Gasteiger partial charge in [0.1, 0.15) is 5.75 Å². The van der Waals surface area contributed by atoms with E-state index in [9.17, 15) is 5.11 Å². The topological polar surface area (TPSA) is 58.3 Å². The zero-order valence-corrected chi connectivity index (χ0v) is 10.2. The molecule has 0 fully saturated rings. The summed E-state index contributed by atoms with van der Waals surface area (Å²) in [6, 6.07) is 17.2. The van der Waals surface area contributed by atoms with E-state index < -0.39 is 0 Å². The molecule has 0 spiro atoms. The maximum atomic E-state index is 9.35. The predicted octanol–water partition coefficient (Wildman–Crippen LogP) is 2.18. The second-order valence-corrected chi connectivity index (χ2v) is 4.32. The van der Waals surface area contributed by atoms with Crippen LogP contribution in [0.5, 0.6) is 5.75 Å². The Bertz CT molecular complexity index is 485. The normalized spacial score (nSPS) is 12.3. The van der Waals surface area contributed by atoms with Gasteiger partial charge in [0, 0.05) is 19.1 Å². The molecule has 0 amide bonds. The van der Waals surface area contributed by atoms with Crippen LogP contribution < -0.4 is 11.1 Å². The van der Waals surface area contributed by atoms with E-state index >= 15 is 0 Å². The average Bonchev–Trinajstić information content (AvgIpc) is 2.40. The first kappa shape index (κ1) is 12.6. The number of nitrogens with one attached hydrogen (secondary N) is 1. The van der Waals surface area contributed by atoms with Crippen LogP contribution in [0.4, 0.5) is 0 Å². The van der Waals surface area contributed by atoms with Crippen molar-refractivity contribution < 1.29 is 5.11 Å². The zero-order valence-electron chi connectivity index (χ0n) is 10.2. The van der Waals surface area contributed by atoms with Crippen molar-refractivity contribution in [2.75, 3.05) is 6.54 Å². The maximum Gasteiger partial charge on any atom is 0.115 e. The highest BCUT2D eigenvalue weighted by Gasteiger charge is 2.04. The number of benzene rings is 2. The Labute approximate surface area is 107 Å². The van der Waals surface area contributed by atoms with Gasteiger partial charge in [0.05, 0.1) is 0 Å². The van der Waals surface area contributed by atoms with Crippen LogP contribution in [-0.4, -0.2) is 11.7 Å². The van der Waals surface area contributed by atoms with E-state index in [2.05, 4.69) is 5.32 Å². The summed E-state index contributed by atoms with van der Waals surface area (Å²) in [6.07, 6.45) is 0. The lowest BCUT2D eigenvalue weighted by molar-refractivity contribution is 0.474. The third-order valence-corrected chi connectivity index (χ3v) is 2.83. The molecule has 0 aliphatic heterocycles. The third-order valence-electron chi connectivity index (χ3n) is 2.83. The molecule has 0 radical (unpaired) electrons. The summed E-state index contributed by atoms with van der Waals surface area (Å²) in [5, 5.41) is 12.6. The van der Waals surface area contributed by atoms with Gasteiger partial charge in [-0.05, 0) is 23.3 Å². The van der Waals surface area contributed by atoms with Gasteiger partial charge in [-0.2, -0.15) is 0 Å². The van der Waals surface area contributed by atoms with Crippen molar-refractivity contribution in [3.63, 3.8) is 0 Å². The number of phenolic OH excluding ortho intramolecular Hbond substituents is 1. The van der Waals surface area contributed by atoms with E-state index in [-0.39, 0.29) is 6.04 Å². The number of hydrogen-bond donors (Lipinski definition) is 3. The van der Waals surface area contributed by atoms with Gasteiger partial charge in [-0.25, -0.2) is 0 Å². The summed E-state index contributed by atoms with van der Waals surface area (Å²) in [6.45, 7) is 1.41. The fourth-order valence-electron chi connectivity index (χ4n) is 1.86. The minimum atomic E-state index is -0.0106. The molecule has 2 aromatic rings. The van der Waals surface area contributed by atoms with Crippen LogP contribution in [0.3, 0.4) is 0 Å². The fraction of sp³-hybridized carbons (Fsp3) is 0.200. The van der Waals surface area contributed by atoms with E-state index in [1.807, 2.05) is 42.5 Å². The Hall–Kier alpha value is -1.84. The van der Waals surface area contributed by atoms with E-state index in [0.29, 0.717) is 18.8 Å². The molecule has 0 saturated heterocycles. The number of phenols is 1. The van der Waals surface area contributed by atoms with Gasteiger partial charge in [0.25, 0.3) is 0 Å². The van der Waals surface area contributed by atoms with E-state index in [4.69, 9.17) is 5.73 Å². The first-order valence-corrected chi connectivity index (χ1v) is 6.05. The monoisotopic (exact) mass is 242 g/mol. The highest BCUT2D eigenvalue weighted by molar-refractivity contribution is 5.27. The van der Waals surface area contributed by atoms with Gasteiger partial charge in [-0.1, -0.05) is 42.5 Å². The lowest BCUT2D eigenvalue weighted by Gasteiger charge is -2.13. The van der Waals surface area contributed by atoms with Crippen LogP contribution in [0.25, 0.3) is 0 Å². The van der Waals surface area contributed by atoms with Crippen molar-refractivity contribution in [3.8, 4) is 5.75 Å². The van der Waals surface area contributed by atoms with E-state index in [1.165, 1.54) is 0 Å². The molecule has 2 aromatic carbocycles. The molecule has 2 rings (SSSR count). The first-order valence-electron chi connectivity index (χ1n) is 6.05. The third kappa shape index (κ3) is 3.58. The molecule has 0 aliphatic carbocycles. The number of nitrogens with two attached hydrogens (primary N) is 1. The van der Waals surface area contributed by atoms with Crippen molar-refractivity contribution in [1.82, 2.24) is 5.32 Å². The van der Waals surface area contributed by atoms with Gasteiger partial charge < -0.3 is 16.2 Å². The molecule has 0 bridgehead atoms. The quantitative estimate of drug-likeness (QED) is 0.753. The van der Waals surface area contributed by atoms with Gasteiger partial charge in [-0.15, -0.1) is 0 Å². The standard InChI is InChI=1S/C15H18N2O/c16-15(13-6-2-1-3-7-13)11-17-10-12-5-4-8-14(18)9-12/h1-9,15,17-18H,10-11,16H2/t15-/m1/s1. The van der Waals surface area contributed by atoms with Gasteiger partial charge in [-0.3, -0.25) is 0 Å². The molecule has 94 valence electrons. The van der Waals surface area contributed by atoms with E-state index in [0.717, 1.165) is 11.1 Å². The molecule has 0 aromatic heterocycles. The summed E-state index contributed by atoms with van der Waals surface area (Å²) >= 11 is 0. The second kappa shape index (κ2) is 6.19. The predicted molar refractivity (Wildman–Crippen MR) is 73.2 cm³/mol. The molecular weight excluding hydrogens is 224 g/mol. The highest BCUT2D eigenvalue weighted by atomic mass is 16.3. The van der Waals surface area contributed by atoms with Crippen molar-refractivity contribution >= 4 is 0 Å². The second-order valence-electron chi connectivity index (χ2n) is 4.32. The molecule has 3 heteroatoms. The Morgan fingerprint density at radius 1 is 1.06 bits per heavy atom. The van der Waals surface area contributed by atoms with Gasteiger partial charge >= 0.3 is 0 Å². The molecule has 4 N–H and O–H groups in total. The Morgan fingerprint density at radius 3 is 2.56 bits per heavy atom. The van der Waals surface area contributed by atoms with Crippen LogP contribution in [0.1, 0.15) is 17.2 Å². The Balaban J connectivity index is 1.82. The largest absolute Gasteiger partial charge is 0.508 e. The lowest BCUT2D eigenvalue weighted by Crippen LogP contribution is -2.26. The van der Waals surface area contributed by atoms with E-state index in [1.54, 1.807) is 12.1 Å². The van der Waals surface area contributed by atoms with Crippen LogP contribution in [0, 0.1) is 0 Å². The van der Waals surface area contributed by atoms with Crippen LogP contribution in [0.2, 0.25) is 0 Å². The summed E-state index contributed by atoms with van der Waals surface area (Å²) in [4.78, 5) is 0. The molecule has 1 atom stereocenters. The molecular formula is C15H18N2O. The summed E-state index contributed by atoms with van der Waals surface area (Å²) in [5.41, 5.74) is 8.25. The average molecular weight is 242 g/mol. The Kier molecular flexibility index (Phi) is 4.34. The minimum absolute atomic E-state index is 0.0106. The summed E-state index contributed by atoms with van der Waals surface area (Å²) < 4.78 is 0. The smallest absolute Gasteiger partial charge is 0.115 e. The molecule has 0 saturated carbocycles. The van der Waals surface area contributed by atoms with Crippen molar-refractivity contribution in [2.24, 2.45) is 5.73 Å². The maximum absolute atomic E-state index is 9.35. The minimum Gasteiger partial charge on any atom is -0.508 e. The van der Waals surface area contributed by atoms with Gasteiger partial charge in [0.15, 0.2) is 0 Å². The van der Waals surface area contributed by atoms with Crippen LogP contribution in [0.15, 0.2) is 54.6 Å². The summed E-state index contributed by atoms with van der Waals surface area (Å²) in [5.74, 6) is 0.293. The SMILES string of the molecule is N[C@H](CNCc1cccc(O)c1)c1ccccc1. The molecule has 3 nitrogen and oxygen atoms in total. The Morgan fingerprint density at radius 2 is 1.83 bits per heavy atom. The molecule has 0 unspecified atom stereocenters. The van der Waals surface area contributed by atoms with Gasteiger partial charge in [0.2, 0.25) is 0 Å². The zero-order chi connectivity index (χ0) is 12.8. The highest BCUT2D eigenvalue weighted by Crippen LogP contribution is 2.11. The first-order chi connectivity index (χ1) is 8.75. The lowest BCUT2D eigenvalue weighted by atomic mass is 10.1. The van der Waals surface area contributed by atoms with Crippen LogP contribution in [-0.2, 0) is 6.54 Å². The molecule has 0 aliphatic rings. The van der Waals surface area contributed by atoms with Crippen LogP contribution >= 0.6 is 0 Å².